The van der Waals surface area contributed by atoms with Gasteiger partial charge in [0.05, 0.1) is 6.26 Å². The van der Waals surface area contributed by atoms with Gasteiger partial charge < -0.3 is 14.9 Å². The highest BCUT2D eigenvalue weighted by Gasteiger charge is 2.23. The first kappa shape index (κ1) is 14.1. The van der Waals surface area contributed by atoms with Crippen molar-refractivity contribution in [3.05, 3.63) is 52.6 Å². The molecule has 0 bridgehead atoms. The van der Waals surface area contributed by atoms with Gasteiger partial charge in [-0.25, -0.2) is 4.39 Å². The van der Waals surface area contributed by atoms with Crippen LogP contribution in [0.2, 0.25) is 0 Å². The van der Waals surface area contributed by atoms with E-state index in [9.17, 15) is 4.39 Å². The summed E-state index contributed by atoms with van der Waals surface area (Å²) in [7, 11) is 0. The Morgan fingerprint density at radius 3 is 2.79 bits per heavy atom. The van der Waals surface area contributed by atoms with Crippen LogP contribution in [0.5, 0.6) is 5.75 Å². The molecule has 0 radical (unpaired) electrons. The summed E-state index contributed by atoms with van der Waals surface area (Å²) in [6, 6.07) is 7.73. The van der Waals surface area contributed by atoms with E-state index in [0.29, 0.717) is 16.0 Å². The molecule has 102 valence electrons. The summed E-state index contributed by atoms with van der Waals surface area (Å²) in [6.07, 6.45) is 1.85. The van der Waals surface area contributed by atoms with Crippen LogP contribution in [-0.4, -0.2) is 6.04 Å². The lowest BCUT2D eigenvalue weighted by Gasteiger charge is -2.22. The van der Waals surface area contributed by atoms with Crippen molar-refractivity contribution in [2.75, 3.05) is 0 Å². The van der Waals surface area contributed by atoms with Crippen LogP contribution in [0.4, 0.5) is 4.39 Å². The molecule has 0 saturated carbocycles. The van der Waals surface area contributed by atoms with Gasteiger partial charge in [0.15, 0.2) is 6.10 Å². The molecule has 2 N–H and O–H groups in total. The number of nitrogens with two attached hydrogens (primary N) is 1. The summed E-state index contributed by atoms with van der Waals surface area (Å²) in [4.78, 5) is 0. The maximum Gasteiger partial charge on any atom is 0.171 e. The molecule has 0 aliphatic carbocycles. The molecule has 2 aromatic rings. The number of ether oxygens (including phenoxy) is 1. The van der Waals surface area contributed by atoms with Crippen LogP contribution in [0.25, 0.3) is 0 Å². The summed E-state index contributed by atoms with van der Waals surface area (Å²) in [5, 5.41) is 0. The average molecular weight is 328 g/mol. The monoisotopic (exact) mass is 327 g/mol. The number of hydrogen-bond acceptors (Lipinski definition) is 3. The number of halogens is 2. The molecule has 0 amide bonds. The van der Waals surface area contributed by atoms with Crippen LogP contribution in [0.3, 0.4) is 0 Å². The van der Waals surface area contributed by atoms with E-state index in [1.165, 1.54) is 12.1 Å². The molecule has 3 nitrogen and oxygen atoms in total. The minimum atomic E-state index is -0.436. The molecule has 2 rings (SSSR count). The second kappa shape index (κ2) is 6.21. The maximum atomic E-state index is 13.3. The molecular weight excluding hydrogens is 313 g/mol. The zero-order chi connectivity index (χ0) is 13.8. The van der Waals surface area contributed by atoms with Crippen molar-refractivity contribution in [1.82, 2.24) is 0 Å². The third-order valence-electron chi connectivity index (χ3n) is 2.78. The van der Waals surface area contributed by atoms with Gasteiger partial charge in [-0.1, -0.05) is 22.9 Å². The Bertz CT molecular complexity index is 510. The normalized spacial score (nSPS) is 14.1. The van der Waals surface area contributed by atoms with Gasteiger partial charge in [-0.2, -0.15) is 0 Å². The van der Waals surface area contributed by atoms with Crippen LogP contribution in [0, 0.1) is 5.82 Å². The van der Waals surface area contributed by atoms with Gasteiger partial charge in [0.2, 0.25) is 0 Å². The summed E-state index contributed by atoms with van der Waals surface area (Å²) < 4.78 is 25.1. The lowest BCUT2D eigenvalue weighted by Crippen LogP contribution is -2.31. The molecule has 0 saturated heterocycles. The number of rotatable bonds is 5. The van der Waals surface area contributed by atoms with E-state index in [0.717, 1.165) is 6.42 Å². The topological polar surface area (TPSA) is 48.4 Å². The van der Waals surface area contributed by atoms with Crippen molar-refractivity contribution in [2.45, 2.75) is 25.5 Å². The van der Waals surface area contributed by atoms with Gasteiger partial charge >= 0.3 is 0 Å². The Balaban J connectivity index is 2.25. The highest BCUT2D eigenvalue weighted by Crippen LogP contribution is 2.28. The van der Waals surface area contributed by atoms with Crippen LogP contribution >= 0.6 is 15.9 Å². The Labute approximate surface area is 119 Å². The van der Waals surface area contributed by atoms with Crippen LogP contribution in [0.1, 0.15) is 25.2 Å². The van der Waals surface area contributed by atoms with Gasteiger partial charge in [-0.05, 0) is 30.7 Å². The fourth-order valence-electron chi connectivity index (χ4n) is 1.77. The first-order chi connectivity index (χ1) is 9.10. The second-order valence-electron chi connectivity index (χ2n) is 4.23. The molecule has 1 aromatic heterocycles. The molecule has 1 heterocycles. The fraction of sp³-hybridized carbons (Fsp3) is 0.286. The lowest BCUT2D eigenvalue weighted by molar-refractivity contribution is 0.144. The van der Waals surface area contributed by atoms with Gasteiger partial charge in [0.1, 0.15) is 17.3 Å². The van der Waals surface area contributed by atoms with Crippen LogP contribution in [0.15, 0.2) is 45.5 Å². The quantitative estimate of drug-likeness (QED) is 0.901. The Hall–Kier alpha value is -1.33. The second-order valence-corrected chi connectivity index (χ2v) is 5.15. The number of hydrogen-bond donors (Lipinski definition) is 1. The molecule has 5 heteroatoms. The Morgan fingerprint density at radius 2 is 2.21 bits per heavy atom. The van der Waals surface area contributed by atoms with E-state index in [-0.39, 0.29) is 11.9 Å². The Kier molecular flexibility index (Phi) is 4.61. The van der Waals surface area contributed by atoms with Crippen molar-refractivity contribution in [2.24, 2.45) is 5.73 Å². The van der Waals surface area contributed by atoms with Gasteiger partial charge in [-0.3, -0.25) is 0 Å². The minimum absolute atomic E-state index is 0.229. The fourth-order valence-corrected chi connectivity index (χ4v) is 2.21. The first-order valence-electron chi connectivity index (χ1n) is 6.02. The van der Waals surface area contributed by atoms with Gasteiger partial charge in [-0.15, -0.1) is 0 Å². The molecule has 1 aromatic carbocycles. The van der Waals surface area contributed by atoms with E-state index in [4.69, 9.17) is 14.9 Å². The van der Waals surface area contributed by atoms with E-state index >= 15 is 0 Å². The van der Waals surface area contributed by atoms with Crippen molar-refractivity contribution < 1.29 is 13.5 Å². The predicted octanol–water partition coefficient (Wildman–Crippen LogP) is 4.04. The smallest absolute Gasteiger partial charge is 0.171 e. The molecule has 0 aliphatic heterocycles. The third-order valence-corrected chi connectivity index (χ3v) is 3.24. The SMILES string of the molecule is CCC(N)C(Oc1cc(F)cc(Br)c1)c1ccco1. The zero-order valence-corrected chi connectivity index (χ0v) is 12.1. The summed E-state index contributed by atoms with van der Waals surface area (Å²) in [5.74, 6) is 0.680. The Morgan fingerprint density at radius 1 is 1.42 bits per heavy atom. The van der Waals surface area contributed by atoms with Crippen molar-refractivity contribution in [3.8, 4) is 5.75 Å². The first-order valence-corrected chi connectivity index (χ1v) is 6.81. The summed E-state index contributed by atoms with van der Waals surface area (Å²) in [6.45, 7) is 1.96. The van der Waals surface area contributed by atoms with Crippen LogP contribution in [-0.2, 0) is 0 Å². The van der Waals surface area contributed by atoms with E-state index in [1.807, 2.05) is 6.92 Å². The van der Waals surface area contributed by atoms with Gasteiger partial charge in [0.25, 0.3) is 0 Å². The molecule has 0 aliphatic rings. The summed E-state index contributed by atoms with van der Waals surface area (Å²) >= 11 is 3.23. The molecule has 2 atom stereocenters. The van der Waals surface area contributed by atoms with Crippen molar-refractivity contribution in [3.63, 3.8) is 0 Å². The zero-order valence-electron chi connectivity index (χ0n) is 10.5. The molecular formula is C14H15BrFNO2. The van der Waals surface area contributed by atoms with E-state index < -0.39 is 6.10 Å². The molecule has 0 fully saturated rings. The number of benzene rings is 1. The lowest BCUT2D eigenvalue weighted by atomic mass is 10.1. The maximum absolute atomic E-state index is 13.3. The number of furan rings is 1. The highest BCUT2D eigenvalue weighted by molar-refractivity contribution is 9.10. The minimum Gasteiger partial charge on any atom is -0.481 e. The van der Waals surface area contributed by atoms with Crippen molar-refractivity contribution >= 4 is 15.9 Å². The van der Waals surface area contributed by atoms with Crippen molar-refractivity contribution in [1.29, 1.82) is 0 Å². The predicted molar refractivity (Wildman–Crippen MR) is 74.4 cm³/mol. The largest absolute Gasteiger partial charge is 0.481 e. The average Bonchev–Trinajstić information content (AvgIpc) is 2.87. The van der Waals surface area contributed by atoms with E-state index in [1.54, 1.807) is 24.5 Å². The highest BCUT2D eigenvalue weighted by atomic mass is 79.9. The summed E-state index contributed by atoms with van der Waals surface area (Å²) in [5.41, 5.74) is 6.04. The molecule has 2 unspecified atom stereocenters. The third kappa shape index (κ3) is 3.58. The van der Waals surface area contributed by atoms with Crippen LogP contribution < -0.4 is 10.5 Å². The standard InChI is InChI=1S/C14H15BrFNO2/c1-2-12(17)14(13-4-3-5-18-13)19-11-7-9(15)6-10(16)8-11/h3-8,12,14H,2,17H2,1H3. The molecule has 0 spiro atoms. The molecule has 19 heavy (non-hydrogen) atoms. The van der Waals surface area contributed by atoms with E-state index in [2.05, 4.69) is 15.9 Å². The van der Waals surface area contributed by atoms with Gasteiger partial charge in [0, 0.05) is 16.6 Å².